The van der Waals surface area contributed by atoms with E-state index in [-0.39, 0.29) is 5.75 Å². The summed E-state index contributed by atoms with van der Waals surface area (Å²) in [5, 5.41) is 4.06. The van der Waals surface area contributed by atoms with Crippen molar-refractivity contribution >= 4 is 34.0 Å². The first-order chi connectivity index (χ1) is 18.0. The number of carbonyl (C=O) groups excluding carboxylic acids is 2. The SMILES string of the molecule is COc1cc(C=NNC(=O)c2cc(Br)ccc2OCc2ccccc2)ccc1OC(=O)c1ccccc1. The highest BCUT2D eigenvalue weighted by atomic mass is 79.9. The average molecular weight is 559 g/mol. The second kappa shape index (κ2) is 12.5. The van der Waals surface area contributed by atoms with Gasteiger partial charge in [-0.3, -0.25) is 4.79 Å². The third-order valence-electron chi connectivity index (χ3n) is 5.20. The molecule has 0 aromatic heterocycles. The van der Waals surface area contributed by atoms with E-state index in [1.807, 2.05) is 36.4 Å². The predicted molar refractivity (Wildman–Crippen MR) is 144 cm³/mol. The van der Waals surface area contributed by atoms with Crippen molar-refractivity contribution in [3.63, 3.8) is 0 Å². The Morgan fingerprint density at radius 3 is 2.30 bits per heavy atom. The van der Waals surface area contributed by atoms with Gasteiger partial charge in [-0.25, -0.2) is 10.2 Å². The molecule has 0 aliphatic rings. The van der Waals surface area contributed by atoms with Crippen molar-refractivity contribution in [1.29, 1.82) is 0 Å². The Morgan fingerprint density at radius 2 is 1.57 bits per heavy atom. The van der Waals surface area contributed by atoms with Crippen molar-refractivity contribution in [2.24, 2.45) is 5.10 Å². The van der Waals surface area contributed by atoms with Crippen molar-refractivity contribution in [2.75, 3.05) is 7.11 Å². The Labute approximate surface area is 222 Å². The first kappa shape index (κ1) is 25.7. The molecule has 0 bridgehead atoms. The number of halogens is 1. The number of benzene rings is 4. The monoisotopic (exact) mass is 558 g/mol. The van der Waals surface area contributed by atoms with Crippen LogP contribution in [0.25, 0.3) is 0 Å². The van der Waals surface area contributed by atoms with Crippen LogP contribution < -0.4 is 19.6 Å². The Hall–Kier alpha value is -4.43. The summed E-state index contributed by atoms with van der Waals surface area (Å²) in [5.41, 5.74) is 4.91. The molecular weight excluding hydrogens is 536 g/mol. The molecule has 0 unspecified atom stereocenters. The molecule has 0 heterocycles. The van der Waals surface area contributed by atoms with Crippen LogP contribution in [0.1, 0.15) is 31.8 Å². The Morgan fingerprint density at radius 1 is 0.865 bits per heavy atom. The van der Waals surface area contributed by atoms with Crippen LogP contribution in [-0.4, -0.2) is 25.2 Å². The van der Waals surface area contributed by atoms with E-state index in [4.69, 9.17) is 14.2 Å². The maximum absolute atomic E-state index is 12.8. The van der Waals surface area contributed by atoms with Crippen molar-refractivity contribution < 1.29 is 23.8 Å². The second-order valence-corrected chi connectivity index (χ2v) is 8.70. The standard InChI is InChI=1S/C29H23BrN2O5/c1-35-27-16-21(12-14-26(27)37-29(34)22-10-6-3-7-11-22)18-31-32-28(33)24-17-23(30)13-15-25(24)36-19-20-8-4-2-5-9-20/h2-18H,19H2,1H3,(H,32,33). The normalized spacial score (nSPS) is 10.6. The highest BCUT2D eigenvalue weighted by Gasteiger charge is 2.14. The number of hydrogen-bond acceptors (Lipinski definition) is 6. The maximum Gasteiger partial charge on any atom is 0.343 e. The van der Waals surface area contributed by atoms with Crippen LogP contribution in [0.3, 0.4) is 0 Å². The molecule has 0 aliphatic heterocycles. The zero-order valence-electron chi connectivity index (χ0n) is 19.9. The lowest BCUT2D eigenvalue weighted by Gasteiger charge is -2.11. The number of ether oxygens (including phenoxy) is 3. The molecule has 37 heavy (non-hydrogen) atoms. The van der Waals surface area contributed by atoms with Crippen LogP contribution >= 0.6 is 15.9 Å². The Balaban J connectivity index is 1.42. The molecule has 0 saturated heterocycles. The fraction of sp³-hybridized carbons (Fsp3) is 0.0690. The van der Waals surface area contributed by atoms with Gasteiger partial charge >= 0.3 is 5.97 Å². The molecule has 4 aromatic rings. The van der Waals surface area contributed by atoms with Crippen LogP contribution in [0.4, 0.5) is 0 Å². The lowest BCUT2D eigenvalue weighted by molar-refractivity contribution is 0.0729. The molecule has 0 fully saturated rings. The first-order valence-electron chi connectivity index (χ1n) is 11.3. The summed E-state index contributed by atoms with van der Waals surface area (Å²) in [7, 11) is 1.47. The summed E-state index contributed by atoms with van der Waals surface area (Å²) in [6.07, 6.45) is 1.46. The summed E-state index contributed by atoms with van der Waals surface area (Å²) in [6.45, 7) is 0.326. The molecule has 0 spiro atoms. The van der Waals surface area contributed by atoms with E-state index in [2.05, 4.69) is 26.5 Å². The number of amides is 1. The van der Waals surface area contributed by atoms with Gasteiger partial charge in [-0.1, -0.05) is 64.5 Å². The largest absolute Gasteiger partial charge is 0.493 e. The molecule has 4 rings (SSSR count). The van der Waals surface area contributed by atoms with E-state index in [1.165, 1.54) is 13.3 Å². The van der Waals surface area contributed by atoms with Crippen molar-refractivity contribution in [3.05, 3.63) is 124 Å². The maximum atomic E-state index is 12.8. The zero-order valence-corrected chi connectivity index (χ0v) is 21.5. The number of nitrogens with zero attached hydrogens (tertiary/aromatic N) is 1. The summed E-state index contributed by atoms with van der Waals surface area (Å²) < 4.78 is 17.4. The van der Waals surface area contributed by atoms with E-state index in [0.717, 1.165) is 10.0 Å². The minimum absolute atomic E-state index is 0.270. The van der Waals surface area contributed by atoms with Gasteiger partial charge in [-0.15, -0.1) is 0 Å². The molecule has 7 nitrogen and oxygen atoms in total. The summed E-state index contributed by atoms with van der Waals surface area (Å²) in [4.78, 5) is 25.2. The number of methoxy groups -OCH3 is 1. The van der Waals surface area contributed by atoms with E-state index >= 15 is 0 Å². The third kappa shape index (κ3) is 7.05. The highest BCUT2D eigenvalue weighted by Crippen LogP contribution is 2.28. The number of hydrazone groups is 1. The Bertz CT molecular complexity index is 1410. The van der Waals surface area contributed by atoms with Gasteiger partial charge in [0.25, 0.3) is 5.91 Å². The Kier molecular flexibility index (Phi) is 8.67. The lowest BCUT2D eigenvalue weighted by atomic mass is 10.2. The van der Waals surface area contributed by atoms with Gasteiger partial charge in [0.15, 0.2) is 11.5 Å². The van der Waals surface area contributed by atoms with Gasteiger partial charge in [-0.05, 0) is 59.7 Å². The highest BCUT2D eigenvalue weighted by molar-refractivity contribution is 9.10. The fourth-order valence-electron chi connectivity index (χ4n) is 3.35. The summed E-state index contributed by atoms with van der Waals surface area (Å²) in [5.74, 6) is 0.133. The van der Waals surface area contributed by atoms with E-state index in [1.54, 1.807) is 60.7 Å². The molecule has 0 saturated carbocycles. The fourth-order valence-corrected chi connectivity index (χ4v) is 3.71. The molecule has 4 aromatic carbocycles. The van der Waals surface area contributed by atoms with Crippen molar-refractivity contribution in [3.8, 4) is 17.2 Å². The van der Waals surface area contributed by atoms with Crippen molar-refractivity contribution in [2.45, 2.75) is 6.61 Å². The molecule has 0 aliphatic carbocycles. The van der Waals surface area contributed by atoms with Crippen LogP contribution in [0.5, 0.6) is 17.2 Å². The van der Waals surface area contributed by atoms with Crippen LogP contribution in [0.15, 0.2) is 107 Å². The number of nitrogens with one attached hydrogen (secondary N) is 1. The number of carbonyl (C=O) groups is 2. The lowest BCUT2D eigenvalue weighted by Crippen LogP contribution is -2.19. The van der Waals surface area contributed by atoms with Gasteiger partial charge < -0.3 is 14.2 Å². The first-order valence-corrected chi connectivity index (χ1v) is 12.1. The van der Waals surface area contributed by atoms with Gasteiger partial charge in [0.1, 0.15) is 12.4 Å². The smallest absolute Gasteiger partial charge is 0.343 e. The molecule has 1 N–H and O–H groups in total. The van der Waals surface area contributed by atoms with Gasteiger partial charge in [0.05, 0.1) is 24.5 Å². The van der Waals surface area contributed by atoms with Crippen molar-refractivity contribution in [1.82, 2.24) is 5.43 Å². The quantitative estimate of drug-likeness (QED) is 0.117. The summed E-state index contributed by atoms with van der Waals surface area (Å²) >= 11 is 3.40. The van der Waals surface area contributed by atoms with E-state index in [0.29, 0.717) is 34.8 Å². The van der Waals surface area contributed by atoms with E-state index in [9.17, 15) is 9.59 Å². The second-order valence-electron chi connectivity index (χ2n) is 7.78. The van der Waals surface area contributed by atoms with E-state index < -0.39 is 11.9 Å². The average Bonchev–Trinajstić information content (AvgIpc) is 2.94. The molecule has 186 valence electrons. The number of hydrogen-bond donors (Lipinski definition) is 1. The van der Waals surface area contributed by atoms with Gasteiger partial charge in [0.2, 0.25) is 0 Å². The summed E-state index contributed by atoms with van der Waals surface area (Å²) in [6, 6.07) is 28.5. The van der Waals surface area contributed by atoms with Crippen LogP contribution in [-0.2, 0) is 6.61 Å². The number of esters is 1. The number of rotatable bonds is 9. The zero-order chi connectivity index (χ0) is 26.0. The topological polar surface area (TPSA) is 86.2 Å². The van der Waals surface area contributed by atoms with Gasteiger partial charge in [-0.2, -0.15) is 5.10 Å². The van der Waals surface area contributed by atoms with Crippen LogP contribution in [0, 0.1) is 0 Å². The molecule has 8 heteroatoms. The van der Waals surface area contributed by atoms with Gasteiger partial charge in [0, 0.05) is 4.47 Å². The third-order valence-corrected chi connectivity index (χ3v) is 5.70. The molecule has 1 amide bonds. The minimum Gasteiger partial charge on any atom is -0.493 e. The molecule has 0 atom stereocenters. The molecular formula is C29H23BrN2O5. The van der Waals surface area contributed by atoms with Crippen LogP contribution in [0.2, 0.25) is 0 Å². The molecule has 0 radical (unpaired) electrons. The predicted octanol–water partition coefficient (Wildman–Crippen LogP) is 6.02. The minimum atomic E-state index is -0.494.